The number of aliphatic imine (C=N–C) groups is 1. The molecule has 3 amide bonds. The lowest BCUT2D eigenvalue weighted by atomic mass is 10.4. The third-order valence-electron chi connectivity index (χ3n) is 3.29. The van der Waals surface area contributed by atoms with Crippen LogP contribution in [0.15, 0.2) is 4.99 Å². The SMILES string of the molecule is CCNC(=NCc1sc(C)nc1C)NCCN1C(=O)CNC1=O.I. The number of hydrogen-bond donors (Lipinski definition) is 3. The van der Waals surface area contributed by atoms with Gasteiger partial charge in [0.25, 0.3) is 0 Å². The maximum Gasteiger partial charge on any atom is 0.324 e. The molecule has 0 aliphatic carbocycles. The summed E-state index contributed by atoms with van der Waals surface area (Å²) in [5, 5.41) is 9.81. The molecule has 24 heavy (non-hydrogen) atoms. The van der Waals surface area contributed by atoms with Gasteiger partial charge < -0.3 is 16.0 Å². The van der Waals surface area contributed by atoms with Gasteiger partial charge in [-0.25, -0.2) is 14.8 Å². The second-order valence-corrected chi connectivity index (χ2v) is 6.36. The van der Waals surface area contributed by atoms with E-state index in [9.17, 15) is 9.59 Å². The van der Waals surface area contributed by atoms with Crippen molar-refractivity contribution in [2.24, 2.45) is 4.99 Å². The van der Waals surface area contributed by atoms with Gasteiger partial charge in [0.1, 0.15) is 0 Å². The fraction of sp³-hybridized carbons (Fsp3) is 0.571. The minimum Gasteiger partial charge on any atom is -0.357 e. The molecule has 1 aromatic rings. The van der Waals surface area contributed by atoms with Crippen LogP contribution in [0.4, 0.5) is 4.79 Å². The largest absolute Gasteiger partial charge is 0.357 e. The number of urea groups is 1. The molecule has 10 heteroatoms. The van der Waals surface area contributed by atoms with E-state index in [1.807, 2.05) is 20.8 Å². The van der Waals surface area contributed by atoms with E-state index in [0.717, 1.165) is 22.1 Å². The van der Waals surface area contributed by atoms with Crippen molar-refractivity contribution < 1.29 is 9.59 Å². The molecule has 1 aliphatic heterocycles. The summed E-state index contributed by atoms with van der Waals surface area (Å²) in [4.78, 5) is 34.2. The van der Waals surface area contributed by atoms with Crippen molar-refractivity contribution in [3.63, 3.8) is 0 Å². The zero-order valence-corrected chi connectivity index (χ0v) is 17.2. The lowest BCUT2D eigenvalue weighted by Gasteiger charge is -2.15. The zero-order chi connectivity index (χ0) is 16.8. The van der Waals surface area contributed by atoms with E-state index in [-0.39, 0.29) is 42.5 Å². The number of carbonyl (C=O) groups is 2. The van der Waals surface area contributed by atoms with Gasteiger partial charge in [-0.15, -0.1) is 35.3 Å². The highest BCUT2D eigenvalue weighted by atomic mass is 127. The molecular weight excluding hydrogens is 443 g/mol. The molecular formula is C14H23IN6O2S. The average Bonchev–Trinajstić information content (AvgIpc) is 2.99. The summed E-state index contributed by atoms with van der Waals surface area (Å²) in [6.07, 6.45) is 0. The summed E-state index contributed by atoms with van der Waals surface area (Å²) < 4.78 is 0. The van der Waals surface area contributed by atoms with Gasteiger partial charge in [0.2, 0.25) is 5.91 Å². The molecule has 0 unspecified atom stereocenters. The van der Waals surface area contributed by atoms with Crippen LogP contribution in [0.2, 0.25) is 0 Å². The smallest absolute Gasteiger partial charge is 0.324 e. The second kappa shape index (κ2) is 9.77. The lowest BCUT2D eigenvalue weighted by Crippen LogP contribution is -2.43. The topological polar surface area (TPSA) is 98.7 Å². The standard InChI is InChI=1S/C14H22N6O2S.HI/c1-4-15-13(17-7-11-9(2)19-10(3)23-11)16-5-6-20-12(21)8-18-14(20)22;/h4-8H2,1-3H3,(H,18,22)(H2,15,16,17);1H. The average molecular weight is 466 g/mol. The Balaban J connectivity index is 0.00000288. The van der Waals surface area contributed by atoms with Gasteiger partial charge in [-0.2, -0.15) is 0 Å². The third kappa shape index (κ3) is 5.58. The fourth-order valence-corrected chi connectivity index (χ4v) is 3.04. The van der Waals surface area contributed by atoms with Crippen LogP contribution < -0.4 is 16.0 Å². The summed E-state index contributed by atoms with van der Waals surface area (Å²) in [5.41, 5.74) is 1.01. The van der Waals surface area contributed by atoms with Crippen molar-refractivity contribution in [2.75, 3.05) is 26.2 Å². The normalized spacial score (nSPS) is 14.5. The molecule has 0 atom stereocenters. The Kier molecular flexibility index (Phi) is 8.39. The molecule has 134 valence electrons. The minimum atomic E-state index is -0.338. The Bertz CT molecular complexity index is 602. The molecule has 8 nitrogen and oxygen atoms in total. The first-order valence-corrected chi connectivity index (χ1v) is 8.36. The predicted octanol–water partition coefficient (Wildman–Crippen LogP) is 0.985. The number of aryl methyl sites for hydroxylation is 2. The van der Waals surface area contributed by atoms with Crippen molar-refractivity contribution in [3.8, 4) is 0 Å². The number of halogens is 1. The van der Waals surface area contributed by atoms with Crippen molar-refractivity contribution in [1.82, 2.24) is 25.8 Å². The van der Waals surface area contributed by atoms with E-state index in [2.05, 4.69) is 25.9 Å². The highest BCUT2D eigenvalue weighted by Crippen LogP contribution is 2.17. The molecule has 3 N–H and O–H groups in total. The van der Waals surface area contributed by atoms with Gasteiger partial charge in [0.05, 0.1) is 23.8 Å². The maximum atomic E-state index is 11.5. The molecule has 0 aromatic carbocycles. The van der Waals surface area contributed by atoms with Crippen LogP contribution in [0.3, 0.4) is 0 Å². The highest BCUT2D eigenvalue weighted by molar-refractivity contribution is 14.0. The van der Waals surface area contributed by atoms with E-state index in [1.54, 1.807) is 11.3 Å². The summed E-state index contributed by atoms with van der Waals surface area (Å²) >= 11 is 1.64. The molecule has 1 aliphatic rings. The van der Waals surface area contributed by atoms with Gasteiger partial charge in [0, 0.05) is 24.5 Å². The van der Waals surface area contributed by atoms with Crippen LogP contribution in [0, 0.1) is 13.8 Å². The summed E-state index contributed by atoms with van der Waals surface area (Å²) in [7, 11) is 0. The van der Waals surface area contributed by atoms with E-state index in [1.165, 1.54) is 4.90 Å². The number of rotatable bonds is 6. The van der Waals surface area contributed by atoms with Crippen molar-refractivity contribution in [2.45, 2.75) is 27.3 Å². The van der Waals surface area contributed by atoms with Crippen LogP contribution >= 0.6 is 35.3 Å². The Morgan fingerprint density at radius 2 is 2.12 bits per heavy atom. The summed E-state index contributed by atoms with van der Waals surface area (Å²) in [6, 6.07) is -0.338. The molecule has 0 spiro atoms. The van der Waals surface area contributed by atoms with E-state index < -0.39 is 0 Å². The second-order valence-electron chi connectivity index (χ2n) is 5.07. The Hall–Kier alpha value is -1.43. The number of hydrogen-bond acceptors (Lipinski definition) is 5. The number of nitrogens with zero attached hydrogens (tertiary/aromatic N) is 3. The molecule has 1 saturated heterocycles. The number of amides is 3. The maximum absolute atomic E-state index is 11.5. The van der Waals surface area contributed by atoms with E-state index >= 15 is 0 Å². The number of aromatic nitrogens is 1. The minimum absolute atomic E-state index is 0. The molecule has 0 bridgehead atoms. The van der Waals surface area contributed by atoms with Crippen LogP contribution in [-0.2, 0) is 11.3 Å². The summed E-state index contributed by atoms with van der Waals surface area (Å²) in [5.74, 6) is 0.458. The number of carbonyl (C=O) groups excluding carboxylic acids is 2. The Morgan fingerprint density at radius 1 is 1.38 bits per heavy atom. The van der Waals surface area contributed by atoms with Crippen molar-refractivity contribution >= 4 is 53.2 Å². The highest BCUT2D eigenvalue weighted by Gasteiger charge is 2.27. The van der Waals surface area contributed by atoms with Gasteiger partial charge in [-0.05, 0) is 20.8 Å². The first-order chi connectivity index (χ1) is 11.0. The number of nitrogens with one attached hydrogen (secondary N) is 3. The number of guanidine groups is 1. The van der Waals surface area contributed by atoms with Gasteiger partial charge >= 0.3 is 6.03 Å². The molecule has 2 rings (SSSR count). The monoisotopic (exact) mass is 466 g/mol. The van der Waals surface area contributed by atoms with Crippen LogP contribution in [0.25, 0.3) is 0 Å². The lowest BCUT2D eigenvalue weighted by molar-refractivity contribution is -0.124. The first kappa shape index (κ1) is 20.6. The Morgan fingerprint density at radius 3 is 2.67 bits per heavy atom. The molecule has 1 fully saturated rings. The van der Waals surface area contributed by atoms with Gasteiger partial charge in [0.15, 0.2) is 5.96 Å². The third-order valence-corrected chi connectivity index (χ3v) is 4.35. The van der Waals surface area contributed by atoms with Crippen molar-refractivity contribution in [3.05, 3.63) is 15.6 Å². The molecule has 1 aromatic heterocycles. The first-order valence-electron chi connectivity index (χ1n) is 7.54. The molecule has 2 heterocycles. The zero-order valence-electron chi connectivity index (χ0n) is 14.0. The molecule has 0 radical (unpaired) electrons. The van der Waals surface area contributed by atoms with Crippen molar-refractivity contribution in [1.29, 1.82) is 0 Å². The van der Waals surface area contributed by atoms with Gasteiger partial charge in [-0.3, -0.25) is 9.69 Å². The fourth-order valence-electron chi connectivity index (χ4n) is 2.18. The van der Waals surface area contributed by atoms with E-state index in [4.69, 9.17) is 0 Å². The quantitative estimate of drug-likeness (QED) is 0.251. The van der Waals surface area contributed by atoms with Crippen LogP contribution in [-0.4, -0.2) is 54.0 Å². The number of imide groups is 1. The van der Waals surface area contributed by atoms with Crippen LogP contribution in [0.1, 0.15) is 22.5 Å². The summed E-state index contributed by atoms with van der Waals surface area (Å²) in [6.45, 7) is 8.07. The van der Waals surface area contributed by atoms with E-state index in [0.29, 0.717) is 25.6 Å². The predicted molar refractivity (Wildman–Crippen MR) is 105 cm³/mol. The van der Waals surface area contributed by atoms with Crippen LogP contribution in [0.5, 0.6) is 0 Å². The number of thiazole rings is 1. The van der Waals surface area contributed by atoms with Gasteiger partial charge in [-0.1, -0.05) is 0 Å². The molecule has 0 saturated carbocycles. The Labute approximate surface area is 162 Å².